The third-order valence-electron chi connectivity index (χ3n) is 2.76. The van der Waals surface area contributed by atoms with Crippen LogP contribution in [0, 0.1) is 17.5 Å². The number of hydrogen-bond acceptors (Lipinski definition) is 1. The van der Waals surface area contributed by atoms with Crippen molar-refractivity contribution in [3.05, 3.63) is 58.4 Å². The Labute approximate surface area is 114 Å². The zero-order valence-electron chi connectivity index (χ0n) is 10.1. The maximum atomic E-state index is 13.8. The van der Waals surface area contributed by atoms with Crippen molar-refractivity contribution in [3.8, 4) is 11.1 Å². The summed E-state index contributed by atoms with van der Waals surface area (Å²) in [7, 11) is 1.74. The Kier molecular flexibility index (Phi) is 4.12. The normalized spacial score (nSPS) is 10.8. The molecule has 0 unspecified atom stereocenters. The molecule has 0 aliphatic heterocycles. The van der Waals surface area contributed by atoms with Crippen molar-refractivity contribution < 1.29 is 13.2 Å². The summed E-state index contributed by atoms with van der Waals surface area (Å²) in [6.07, 6.45) is 0. The topological polar surface area (TPSA) is 12.0 Å². The van der Waals surface area contributed by atoms with Gasteiger partial charge in [-0.05, 0) is 42.4 Å². The number of hydrogen-bond donors (Lipinski definition) is 1. The molecule has 0 fully saturated rings. The van der Waals surface area contributed by atoms with E-state index in [2.05, 4.69) is 5.32 Å². The monoisotopic (exact) mass is 285 g/mol. The van der Waals surface area contributed by atoms with E-state index in [9.17, 15) is 13.2 Å². The van der Waals surface area contributed by atoms with Crippen LogP contribution in [0.3, 0.4) is 0 Å². The lowest BCUT2D eigenvalue weighted by Gasteiger charge is -2.11. The van der Waals surface area contributed by atoms with Gasteiger partial charge in [0.25, 0.3) is 0 Å². The molecule has 0 bridgehead atoms. The third kappa shape index (κ3) is 2.74. The number of halogens is 4. The molecule has 0 aliphatic carbocycles. The first kappa shape index (κ1) is 13.9. The first-order valence-corrected chi connectivity index (χ1v) is 5.99. The van der Waals surface area contributed by atoms with Crippen LogP contribution >= 0.6 is 11.6 Å². The molecule has 100 valence electrons. The maximum Gasteiger partial charge on any atom is 0.195 e. The van der Waals surface area contributed by atoms with Crippen LogP contribution in [-0.2, 0) is 6.54 Å². The molecule has 0 saturated carbocycles. The molecule has 1 N–H and O–H groups in total. The Hall–Kier alpha value is -1.52. The summed E-state index contributed by atoms with van der Waals surface area (Å²) in [6, 6.07) is 7.02. The highest BCUT2D eigenvalue weighted by atomic mass is 35.5. The molecule has 2 aromatic rings. The van der Waals surface area contributed by atoms with Gasteiger partial charge in [-0.2, -0.15) is 0 Å². The second-order valence-corrected chi connectivity index (χ2v) is 4.49. The van der Waals surface area contributed by atoms with E-state index >= 15 is 0 Å². The molecule has 2 rings (SSSR count). The average molecular weight is 286 g/mol. The summed E-state index contributed by atoms with van der Waals surface area (Å²) in [4.78, 5) is 0. The molecule has 0 aliphatic rings. The molecule has 0 saturated heterocycles. The highest BCUT2D eigenvalue weighted by Crippen LogP contribution is 2.31. The maximum absolute atomic E-state index is 13.8. The van der Waals surface area contributed by atoms with Crippen LogP contribution in [-0.4, -0.2) is 7.05 Å². The SMILES string of the molecule is CNCc1ccc(Cl)cc1-c1ccc(F)c(F)c1F. The molecule has 0 radical (unpaired) electrons. The van der Waals surface area contributed by atoms with E-state index in [0.29, 0.717) is 17.1 Å². The van der Waals surface area contributed by atoms with Crippen LogP contribution in [0.25, 0.3) is 11.1 Å². The standard InChI is InChI=1S/C14H11ClF3N/c1-19-7-8-2-3-9(15)6-11(8)10-4-5-12(16)14(18)13(10)17/h2-6,19H,7H2,1H3. The highest BCUT2D eigenvalue weighted by molar-refractivity contribution is 6.30. The van der Waals surface area contributed by atoms with E-state index < -0.39 is 17.5 Å². The third-order valence-corrected chi connectivity index (χ3v) is 3.00. The minimum atomic E-state index is -1.48. The molecular weight excluding hydrogens is 275 g/mol. The predicted octanol–water partition coefficient (Wildman–Crippen LogP) is 4.14. The molecule has 2 aromatic carbocycles. The van der Waals surface area contributed by atoms with Crippen molar-refractivity contribution in [3.63, 3.8) is 0 Å². The van der Waals surface area contributed by atoms with Crippen LogP contribution in [0.2, 0.25) is 5.02 Å². The van der Waals surface area contributed by atoms with Gasteiger partial charge >= 0.3 is 0 Å². The first-order valence-electron chi connectivity index (χ1n) is 5.61. The highest BCUT2D eigenvalue weighted by Gasteiger charge is 2.17. The van der Waals surface area contributed by atoms with Gasteiger partial charge in [-0.1, -0.05) is 17.7 Å². The number of benzene rings is 2. The zero-order valence-corrected chi connectivity index (χ0v) is 10.9. The van der Waals surface area contributed by atoms with Crippen molar-refractivity contribution in [2.75, 3.05) is 7.05 Å². The fourth-order valence-corrected chi connectivity index (χ4v) is 2.05. The molecule has 0 heterocycles. The summed E-state index contributed by atoms with van der Waals surface area (Å²) in [6.45, 7) is 0.463. The van der Waals surface area contributed by atoms with E-state index in [1.165, 1.54) is 12.1 Å². The van der Waals surface area contributed by atoms with E-state index in [4.69, 9.17) is 11.6 Å². The Balaban J connectivity index is 2.64. The van der Waals surface area contributed by atoms with Gasteiger partial charge < -0.3 is 5.32 Å². The number of nitrogens with one attached hydrogen (secondary N) is 1. The molecule has 0 amide bonds. The lowest BCUT2D eigenvalue weighted by atomic mass is 9.99. The van der Waals surface area contributed by atoms with Gasteiger partial charge in [0.2, 0.25) is 0 Å². The van der Waals surface area contributed by atoms with Gasteiger partial charge in [0, 0.05) is 17.1 Å². The van der Waals surface area contributed by atoms with Crippen molar-refractivity contribution in [2.24, 2.45) is 0 Å². The van der Waals surface area contributed by atoms with Crippen molar-refractivity contribution in [1.82, 2.24) is 5.32 Å². The van der Waals surface area contributed by atoms with Crippen LogP contribution in [0.1, 0.15) is 5.56 Å². The minimum Gasteiger partial charge on any atom is -0.316 e. The molecule has 19 heavy (non-hydrogen) atoms. The van der Waals surface area contributed by atoms with Gasteiger partial charge in [0.1, 0.15) is 0 Å². The Bertz CT molecular complexity index is 614. The second-order valence-electron chi connectivity index (χ2n) is 4.05. The molecular formula is C14H11ClF3N. The molecule has 0 atom stereocenters. The summed E-state index contributed by atoms with van der Waals surface area (Å²) >= 11 is 5.88. The number of rotatable bonds is 3. The zero-order chi connectivity index (χ0) is 14.0. The van der Waals surface area contributed by atoms with E-state index in [1.807, 2.05) is 0 Å². The quantitative estimate of drug-likeness (QED) is 0.836. The Morgan fingerprint density at radius 2 is 1.74 bits per heavy atom. The summed E-state index contributed by atoms with van der Waals surface area (Å²) in [5.74, 6) is -3.90. The summed E-state index contributed by atoms with van der Waals surface area (Å²) < 4.78 is 40.1. The Morgan fingerprint density at radius 1 is 1.00 bits per heavy atom. The van der Waals surface area contributed by atoms with Crippen molar-refractivity contribution in [2.45, 2.75) is 6.54 Å². The first-order chi connectivity index (χ1) is 9.04. The van der Waals surface area contributed by atoms with Crippen molar-refractivity contribution in [1.29, 1.82) is 0 Å². The lowest BCUT2D eigenvalue weighted by Crippen LogP contribution is -2.07. The van der Waals surface area contributed by atoms with Gasteiger partial charge in [0.15, 0.2) is 17.5 Å². The summed E-state index contributed by atoms with van der Waals surface area (Å²) in [5.41, 5.74) is 1.18. The average Bonchev–Trinajstić information content (AvgIpc) is 2.39. The fraction of sp³-hybridized carbons (Fsp3) is 0.143. The summed E-state index contributed by atoms with van der Waals surface area (Å²) in [5, 5.41) is 3.33. The van der Waals surface area contributed by atoms with E-state index in [1.54, 1.807) is 19.2 Å². The van der Waals surface area contributed by atoms with Crippen LogP contribution in [0.5, 0.6) is 0 Å². The van der Waals surface area contributed by atoms with Gasteiger partial charge in [-0.3, -0.25) is 0 Å². The molecule has 0 spiro atoms. The molecule has 5 heteroatoms. The van der Waals surface area contributed by atoms with E-state index in [-0.39, 0.29) is 5.56 Å². The van der Waals surface area contributed by atoms with Gasteiger partial charge in [-0.15, -0.1) is 0 Å². The van der Waals surface area contributed by atoms with Gasteiger partial charge in [-0.25, -0.2) is 13.2 Å². The lowest BCUT2D eigenvalue weighted by molar-refractivity contribution is 0.449. The van der Waals surface area contributed by atoms with Crippen LogP contribution < -0.4 is 5.32 Å². The van der Waals surface area contributed by atoms with Crippen LogP contribution in [0.15, 0.2) is 30.3 Å². The minimum absolute atomic E-state index is 0.00773. The predicted molar refractivity (Wildman–Crippen MR) is 69.5 cm³/mol. The van der Waals surface area contributed by atoms with Crippen molar-refractivity contribution >= 4 is 11.6 Å². The largest absolute Gasteiger partial charge is 0.316 e. The molecule has 1 nitrogen and oxygen atoms in total. The second kappa shape index (κ2) is 5.63. The Morgan fingerprint density at radius 3 is 2.42 bits per heavy atom. The fourth-order valence-electron chi connectivity index (χ4n) is 1.88. The smallest absolute Gasteiger partial charge is 0.195 e. The molecule has 0 aromatic heterocycles. The van der Waals surface area contributed by atoms with E-state index in [0.717, 1.165) is 11.6 Å². The van der Waals surface area contributed by atoms with Gasteiger partial charge in [0.05, 0.1) is 0 Å². The van der Waals surface area contributed by atoms with Crippen LogP contribution in [0.4, 0.5) is 13.2 Å².